The van der Waals surface area contributed by atoms with Crippen LogP contribution in [0.25, 0.3) is 0 Å². The highest BCUT2D eigenvalue weighted by Crippen LogP contribution is 2.37. The Morgan fingerprint density at radius 2 is 1.52 bits per heavy atom. The molecule has 0 aliphatic heterocycles. The molecular formula is C23H29NO6P+. The molecule has 0 amide bonds. The molecule has 3 N–H and O–H groups in total. The van der Waals surface area contributed by atoms with Crippen molar-refractivity contribution in [3.63, 3.8) is 0 Å². The van der Waals surface area contributed by atoms with Crippen molar-refractivity contribution in [1.82, 2.24) is 0 Å². The van der Waals surface area contributed by atoms with Crippen LogP contribution >= 0.6 is 8.46 Å². The molecule has 8 heteroatoms. The van der Waals surface area contributed by atoms with E-state index in [4.69, 9.17) is 15.2 Å². The fraction of sp³-hybridized carbons (Fsp3) is 0.391. The first-order valence-corrected chi connectivity index (χ1v) is 11.1. The molecule has 0 spiro atoms. The first-order chi connectivity index (χ1) is 15.0. The first kappa shape index (κ1) is 24.7. The minimum atomic E-state index is -1.81. The number of hydrogen-bond acceptors (Lipinski definition) is 7. The van der Waals surface area contributed by atoms with E-state index in [0.29, 0.717) is 6.42 Å². The van der Waals surface area contributed by atoms with Gasteiger partial charge < -0.3 is 20.3 Å². The van der Waals surface area contributed by atoms with E-state index in [2.05, 4.69) is 0 Å². The summed E-state index contributed by atoms with van der Waals surface area (Å²) in [5.74, 6) is -2.36. The third-order valence-electron chi connectivity index (χ3n) is 4.90. The summed E-state index contributed by atoms with van der Waals surface area (Å²) < 4.78 is 22.5. The predicted molar refractivity (Wildman–Crippen MR) is 117 cm³/mol. The Morgan fingerprint density at radius 3 is 2.03 bits per heavy atom. The van der Waals surface area contributed by atoms with Crippen LogP contribution in [0.15, 0.2) is 60.7 Å². The fourth-order valence-corrected chi connectivity index (χ4v) is 3.80. The van der Waals surface area contributed by atoms with E-state index in [9.17, 15) is 19.3 Å². The standard InChI is InChI=1S/C23H28NO6P/c24-15-7-14-23(27,31-28)20(22(26)30-17-19-10-5-2-6-11-19)12-13-21(25)29-16-18-8-3-1-4-9-18/h1-6,8-11,20,27H,7,12-17,24H2/p+1. The molecule has 0 aliphatic carbocycles. The fourth-order valence-electron chi connectivity index (χ4n) is 3.12. The summed E-state index contributed by atoms with van der Waals surface area (Å²) in [5, 5.41) is 9.08. The van der Waals surface area contributed by atoms with Gasteiger partial charge in [-0.1, -0.05) is 65.2 Å². The highest BCUT2D eigenvalue weighted by molar-refractivity contribution is 7.25. The Labute approximate surface area is 183 Å². The molecule has 0 fully saturated rings. The number of ether oxygens (including phenoxy) is 2. The zero-order chi connectivity index (χ0) is 22.5. The molecule has 2 aromatic rings. The largest absolute Gasteiger partial charge is 0.461 e. The smallest absolute Gasteiger partial charge is 0.360 e. The van der Waals surface area contributed by atoms with Gasteiger partial charge in [-0.15, -0.1) is 0 Å². The Bertz CT molecular complexity index is 832. The van der Waals surface area contributed by atoms with Crippen LogP contribution in [0, 0.1) is 5.92 Å². The van der Waals surface area contributed by atoms with Gasteiger partial charge in [0.2, 0.25) is 0 Å². The second-order valence-electron chi connectivity index (χ2n) is 7.25. The predicted octanol–water partition coefficient (Wildman–Crippen LogP) is 3.32. The van der Waals surface area contributed by atoms with E-state index in [1.54, 1.807) is 12.1 Å². The summed E-state index contributed by atoms with van der Waals surface area (Å²) in [6, 6.07) is 18.3. The molecule has 3 unspecified atom stereocenters. The van der Waals surface area contributed by atoms with Crippen LogP contribution < -0.4 is 5.73 Å². The van der Waals surface area contributed by atoms with Crippen molar-refractivity contribution in [2.24, 2.45) is 11.7 Å². The summed E-state index contributed by atoms with van der Waals surface area (Å²) in [7, 11) is -1.17. The van der Waals surface area contributed by atoms with Crippen LogP contribution in [0.2, 0.25) is 0 Å². The summed E-state index contributed by atoms with van der Waals surface area (Å²) in [4.78, 5) is 25.0. The minimum absolute atomic E-state index is 0.0174. The third-order valence-corrected chi connectivity index (χ3v) is 5.86. The maximum atomic E-state index is 12.8. The van der Waals surface area contributed by atoms with Gasteiger partial charge >= 0.3 is 20.4 Å². The molecule has 7 nitrogen and oxygen atoms in total. The van der Waals surface area contributed by atoms with Gasteiger partial charge in [0.15, 0.2) is 0 Å². The van der Waals surface area contributed by atoms with Crippen LogP contribution in [0.4, 0.5) is 0 Å². The maximum Gasteiger partial charge on any atom is 0.360 e. The quantitative estimate of drug-likeness (QED) is 0.358. The Balaban J connectivity index is 2.00. The number of hydrogen-bond donors (Lipinski definition) is 2. The van der Waals surface area contributed by atoms with Gasteiger partial charge in [0.05, 0.1) is 0 Å². The first-order valence-electron chi connectivity index (χ1n) is 10.2. The van der Waals surface area contributed by atoms with E-state index in [-0.39, 0.29) is 39.0 Å². The molecule has 166 valence electrons. The number of carbonyl (C=O) groups excluding carboxylic acids is 2. The molecule has 0 saturated carbocycles. The molecule has 0 aromatic heterocycles. The highest BCUT2D eigenvalue weighted by Gasteiger charge is 2.49. The van der Waals surface area contributed by atoms with E-state index < -0.39 is 31.7 Å². The number of rotatable bonds is 13. The Kier molecular flexibility index (Phi) is 10.3. The maximum absolute atomic E-state index is 12.8. The summed E-state index contributed by atoms with van der Waals surface area (Å²) in [6.45, 7) is 0.408. The number of aliphatic hydroxyl groups is 1. The van der Waals surface area contributed by atoms with Crippen LogP contribution in [0.5, 0.6) is 0 Å². The molecule has 0 aliphatic rings. The van der Waals surface area contributed by atoms with Gasteiger partial charge in [-0.05, 0) is 30.5 Å². The van der Waals surface area contributed by atoms with Crippen LogP contribution in [-0.2, 0) is 36.8 Å². The van der Waals surface area contributed by atoms with Crippen molar-refractivity contribution in [3.8, 4) is 0 Å². The van der Waals surface area contributed by atoms with Crippen molar-refractivity contribution in [3.05, 3.63) is 71.8 Å². The third kappa shape index (κ3) is 8.21. The molecule has 31 heavy (non-hydrogen) atoms. The van der Waals surface area contributed by atoms with E-state index >= 15 is 0 Å². The van der Waals surface area contributed by atoms with Crippen molar-refractivity contribution in [2.45, 2.75) is 44.2 Å². The molecule has 0 saturated heterocycles. The topological polar surface area (TPSA) is 116 Å². The number of benzene rings is 2. The highest BCUT2D eigenvalue weighted by atomic mass is 31.1. The van der Waals surface area contributed by atoms with Crippen LogP contribution in [0.1, 0.15) is 36.8 Å². The normalized spacial score (nSPS) is 13.9. The minimum Gasteiger partial charge on any atom is -0.461 e. The Morgan fingerprint density at radius 1 is 0.968 bits per heavy atom. The van der Waals surface area contributed by atoms with Gasteiger partial charge in [-0.3, -0.25) is 9.59 Å². The van der Waals surface area contributed by atoms with Gasteiger partial charge in [0.1, 0.15) is 19.1 Å². The van der Waals surface area contributed by atoms with Crippen LogP contribution in [-0.4, -0.2) is 28.9 Å². The molecule has 2 rings (SSSR count). The van der Waals surface area contributed by atoms with Crippen molar-refractivity contribution in [1.29, 1.82) is 0 Å². The number of esters is 2. The van der Waals surface area contributed by atoms with Gasteiger partial charge in [0.25, 0.3) is 5.34 Å². The summed E-state index contributed by atoms with van der Waals surface area (Å²) in [6.07, 6.45) is 0.285. The SMILES string of the molecule is NCCCC(O)([PH+]=O)C(CCC(=O)OCc1ccccc1)C(=O)OCc1ccccc1. The van der Waals surface area contributed by atoms with Crippen molar-refractivity contribution >= 4 is 20.4 Å². The monoisotopic (exact) mass is 446 g/mol. The lowest BCUT2D eigenvalue weighted by Gasteiger charge is -2.24. The summed E-state index contributed by atoms with van der Waals surface area (Å²) >= 11 is 0. The van der Waals surface area contributed by atoms with E-state index in [1.807, 2.05) is 48.5 Å². The summed E-state index contributed by atoms with van der Waals surface area (Å²) in [5.41, 5.74) is 7.14. The number of carbonyl (C=O) groups is 2. The molecule has 2 aromatic carbocycles. The van der Waals surface area contributed by atoms with Crippen molar-refractivity contribution < 1.29 is 28.7 Å². The van der Waals surface area contributed by atoms with Crippen LogP contribution in [0.3, 0.4) is 0 Å². The van der Waals surface area contributed by atoms with E-state index in [0.717, 1.165) is 11.1 Å². The Hall–Kier alpha value is -2.60. The molecule has 0 bridgehead atoms. The lowest BCUT2D eigenvalue weighted by Crippen LogP contribution is -2.39. The second kappa shape index (κ2) is 13.0. The van der Waals surface area contributed by atoms with Crippen molar-refractivity contribution in [2.75, 3.05) is 6.54 Å². The lowest BCUT2D eigenvalue weighted by atomic mass is 9.92. The molecule has 0 radical (unpaired) electrons. The molecular weight excluding hydrogens is 417 g/mol. The van der Waals surface area contributed by atoms with E-state index in [1.165, 1.54) is 0 Å². The van der Waals surface area contributed by atoms with Gasteiger partial charge in [-0.2, -0.15) is 0 Å². The zero-order valence-corrected chi connectivity index (χ0v) is 18.4. The average molecular weight is 446 g/mol. The zero-order valence-electron chi connectivity index (χ0n) is 17.4. The second-order valence-corrected chi connectivity index (χ2v) is 8.32. The number of nitrogens with two attached hydrogens (primary N) is 1. The lowest BCUT2D eigenvalue weighted by molar-refractivity contribution is -0.157. The van der Waals surface area contributed by atoms with Gasteiger partial charge in [0, 0.05) is 12.8 Å². The molecule has 3 atom stereocenters. The van der Waals surface area contributed by atoms with Gasteiger partial charge in [-0.25, -0.2) is 0 Å². The average Bonchev–Trinajstić information content (AvgIpc) is 2.81. The molecule has 0 heterocycles.